The van der Waals surface area contributed by atoms with E-state index in [4.69, 9.17) is 9.26 Å². The highest BCUT2D eigenvalue weighted by Gasteiger charge is 2.47. The van der Waals surface area contributed by atoms with Gasteiger partial charge in [-0.25, -0.2) is 17.2 Å². The monoisotopic (exact) mass is 442 g/mol. The fourth-order valence-electron chi connectivity index (χ4n) is 3.96. The van der Waals surface area contributed by atoms with Crippen LogP contribution in [-0.2, 0) is 26.0 Å². The van der Waals surface area contributed by atoms with E-state index < -0.39 is 33.0 Å². The van der Waals surface area contributed by atoms with Crippen molar-refractivity contribution < 1.29 is 31.3 Å². The number of sulfonamides is 1. The molecule has 1 aliphatic rings. The molecule has 0 bridgehead atoms. The van der Waals surface area contributed by atoms with Crippen LogP contribution in [0.5, 0.6) is 0 Å². The molecular formula is C20H24F2N2O5S. The van der Waals surface area contributed by atoms with Crippen LogP contribution in [0.25, 0.3) is 0 Å². The normalized spacial score (nSPS) is 20.3. The Bertz CT molecular complexity index is 1030. The van der Waals surface area contributed by atoms with Gasteiger partial charge in [0, 0.05) is 19.2 Å². The van der Waals surface area contributed by atoms with Crippen LogP contribution in [0.2, 0.25) is 0 Å². The topological polar surface area (TPSA) is 89.7 Å². The van der Waals surface area contributed by atoms with Crippen molar-refractivity contribution >= 4 is 16.0 Å². The van der Waals surface area contributed by atoms with Gasteiger partial charge in [0.05, 0.1) is 12.0 Å². The maximum Gasteiger partial charge on any atom is 0.313 e. The summed E-state index contributed by atoms with van der Waals surface area (Å²) in [5.41, 5.74) is -0.940. The first-order valence-electron chi connectivity index (χ1n) is 9.65. The minimum atomic E-state index is -3.99. The number of aryl methyl sites for hydroxylation is 2. The van der Waals surface area contributed by atoms with Crippen LogP contribution >= 0.6 is 0 Å². The summed E-state index contributed by atoms with van der Waals surface area (Å²) in [6.07, 6.45) is 0.589. The van der Waals surface area contributed by atoms with E-state index in [1.165, 1.54) is 24.2 Å². The van der Waals surface area contributed by atoms with Gasteiger partial charge in [-0.3, -0.25) is 4.79 Å². The van der Waals surface area contributed by atoms with E-state index in [1.54, 1.807) is 6.92 Å². The molecule has 1 saturated heterocycles. The molecule has 164 valence electrons. The zero-order valence-corrected chi connectivity index (χ0v) is 17.9. The number of piperidine rings is 1. The first-order chi connectivity index (χ1) is 14.1. The predicted octanol–water partition coefficient (Wildman–Crippen LogP) is 3.15. The van der Waals surface area contributed by atoms with Gasteiger partial charge in [-0.15, -0.1) is 0 Å². The van der Waals surface area contributed by atoms with Crippen molar-refractivity contribution in [2.45, 2.75) is 44.9 Å². The third kappa shape index (κ3) is 4.11. The predicted molar refractivity (Wildman–Crippen MR) is 103 cm³/mol. The van der Waals surface area contributed by atoms with Gasteiger partial charge in [0.2, 0.25) is 10.0 Å². The Hall–Kier alpha value is -2.33. The van der Waals surface area contributed by atoms with E-state index in [0.717, 1.165) is 12.1 Å². The molecule has 1 fully saturated rings. The van der Waals surface area contributed by atoms with E-state index >= 15 is 0 Å². The van der Waals surface area contributed by atoms with Gasteiger partial charge in [-0.2, -0.15) is 4.31 Å². The third-order valence-corrected chi connectivity index (χ3v) is 7.45. The molecule has 0 saturated carbocycles. The maximum absolute atomic E-state index is 14.3. The number of aromatic nitrogens is 1. The van der Waals surface area contributed by atoms with Crippen molar-refractivity contribution in [2.24, 2.45) is 5.41 Å². The second kappa shape index (κ2) is 8.43. The molecule has 0 N–H and O–H groups in total. The minimum Gasteiger partial charge on any atom is -0.466 e. The Morgan fingerprint density at radius 1 is 1.33 bits per heavy atom. The van der Waals surface area contributed by atoms with Gasteiger partial charge < -0.3 is 9.26 Å². The van der Waals surface area contributed by atoms with Crippen LogP contribution in [0.15, 0.2) is 27.6 Å². The van der Waals surface area contributed by atoms with Crippen LogP contribution in [0.1, 0.15) is 36.8 Å². The van der Waals surface area contributed by atoms with Gasteiger partial charge in [-0.05, 0) is 51.7 Å². The van der Waals surface area contributed by atoms with Crippen LogP contribution < -0.4 is 0 Å². The van der Waals surface area contributed by atoms with E-state index in [0.29, 0.717) is 12.8 Å². The fourth-order valence-corrected chi connectivity index (χ4v) is 5.82. The minimum absolute atomic E-state index is 0.0323. The number of carbonyl (C=O) groups is 1. The van der Waals surface area contributed by atoms with Crippen molar-refractivity contribution in [1.29, 1.82) is 0 Å². The highest BCUT2D eigenvalue weighted by molar-refractivity contribution is 7.89. The maximum atomic E-state index is 14.3. The number of carbonyl (C=O) groups excluding carboxylic acids is 1. The first-order valence-corrected chi connectivity index (χ1v) is 11.1. The molecule has 0 aliphatic carbocycles. The molecule has 0 spiro atoms. The Morgan fingerprint density at radius 2 is 2.07 bits per heavy atom. The van der Waals surface area contributed by atoms with E-state index in [-0.39, 0.29) is 48.0 Å². The van der Waals surface area contributed by atoms with Crippen molar-refractivity contribution in [3.8, 4) is 0 Å². The molecule has 3 rings (SSSR count). The van der Waals surface area contributed by atoms with Crippen molar-refractivity contribution in [3.63, 3.8) is 0 Å². The van der Waals surface area contributed by atoms with Crippen LogP contribution in [0.3, 0.4) is 0 Å². The lowest BCUT2D eigenvalue weighted by atomic mass is 9.75. The molecular weight excluding hydrogens is 418 g/mol. The van der Waals surface area contributed by atoms with Crippen molar-refractivity contribution in [2.75, 3.05) is 19.7 Å². The fraction of sp³-hybridized carbons (Fsp3) is 0.500. The molecule has 0 amide bonds. The number of hydrogen-bond donors (Lipinski definition) is 0. The van der Waals surface area contributed by atoms with E-state index in [2.05, 4.69) is 5.16 Å². The molecule has 1 aromatic carbocycles. The summed E-state index contributed by atoms with van der Waals surface area (Å²) in [6, 6.07) is 3.13. The van der Waals surface area contributed by atoms with Gasteiger partial charge in [0.25, 0.3) is 0 Å². The van der Waals surface area contributed by atoms with Crippen molar-refractivity contribution in [1.82, 2.24) is 9.46 Å². The van der Waals surface area contributed by atoms with E-state index in [9.17, 15) is 22.0 Å². The molecule has 1 aliphatic heterocycles. The van der Waals surface area contributed by atoms with E-state index in [1.807, 2.05) is 0 Å². The first kappa shape index (κ1) is 22.4. The number of hydrogen-bond acceptors (Lipinski definition) is 6. The number of ether oxygens (including phenoxy) is 1. The summed E-state index contributed by atoms with van der Waals surface area (Å²) >= 11 is 0. The highest BCUT2D eigenvalue weighted by Crippen LogP contribution is 2.38. The molecule has 7 nitrogen and oxygen atoms in total. The molecule has 2 aromatic rings. The highest BCUT2D eigenvalue weighted by atomic mass is 32.2. The lowest BCUT2D eigenvalue weighted by Crippen LogP contribution is -2.51. The molecule has 0 radical (unpaired) electrons. The summed E-state index contributed by atoms with van der Waals surface area (Å²) in [5.74, 6) is -1.96. The van der Waals surface area contributed by atoms with Gasteiger partial charge >= 0.3 is 5.97 Å². The largest absolute Gasteiger partial charge is 0.466 e. The summed E-state index contributed by atoms with van der Waals surface area (Å²) < 4.78 is 65.6. The Balaban J connectivity index is 2.00. The number of rotatable bonds is 6. The summed E-state index contributed by atoms with van der Waals surface area (Å²) in [6.45, 7) is 4.78. The summed E-state index contributed by atoms with van der Waals surface area (Å²) in [5, 5.41) is 3.71. The Morgan fingerprint density at radius 3 is 2.67 bits per heavy atom. The van der Waals surface area contributed by atoms with Gasteiger partial charge in [0.1, 0.15) is 22.2 Å². The molecule has 30 heavy (non-hydrogen) atoms. The number of benzene rings is 1. The zero-order chi connectivity index (χ0) is 22.1. The quantitative estimate of drug-likeness (QED) is 0.639. The summed E-state index contributed by atoms with van der Waals surface area (Å²) in [7, 11) is -3.99. The van der Waals surface area contributed by atoms with Gasteiger partial charge in [-0.1, -0.05) is 11.2 Å². The van der Waals surface area contributed by atoms with Crippen LogP contribution in [-0.4, -0.2) is 43.5 Å². The Kier molecular flexibility index (Phi) is 6.28. The second-order valence-electron chi connectivity index (χ2n) is 7.51. The number of halogens is 2. The average molecular weight is 442 g/mol. The van der Waals surface area contributed by atoms with Crippen molar-refractivity contribution in [3.05, 3.63) is 46.9 Å². The standard InChI is InChI=1S/C20H24F2N2O5S/c1-4-28-19(25)20(11-15-6-7-16(21)10-17(15)22)8-5-9-24(12-20)30(26,27)18-13(2)23-29-14(18)3/h6-7,10H,4-5,8-9,11-12H2,1-3H3/t20-/m0/s1. The number of nitrogens with zero attached hydrogens (tertiary/aromatic N) is 2. The molecule has 0 unspecified atom stereocenters. The molecule has 1 atom stereocenters. The molecule has 2 heterocycles. The Labute approximate surface area is 174 Å². The van der Waals surface area contributed by atoms with Crippen LogP contribution in [0.4, 0.5) is 8.78 Å². The molecule has 10 heteroatoms. The third-order valence-electron chi connectivity index (χ3n) is 5.36. The number of esters is 1. The molecule has 1 aromatic heterocycles. The second-order valence-corrected chi connectivity index (χ2v) is 9.38. The lowest BCUT2D eigenvalue weighted by Gasteiger charge is -2.40. The zero-order valence-electron chi connectivity index (χ0n) is 17.1. The smallest absolute Gasteiger partial charge is 0.313 e. The van der Waals surface area contributed by atoms with Crippen LogP contribution in [0, 0.1) is 30.9 Å². The lowest BCUT2D eigenvalue weighted by molar-refractivity contribution is -0.157. The SMILES string of the molecule is CCOC(=O)[C@]1(Cc2ccc(F)cc2F)CCCN(S(=O)(=O)c2c(C)noc2C)C1. The van der Waals surface area contributed by atoms with Gasteiger partial charge in [0.15, 0.2) is 5.76 Å². The summed E-state index contributed by atoms with van der Waals surface area (Å²) in [4.78, 5) is 12.9. The average Bonchev–Trinajstić information content (AvgIpc) is 3.03.